The fourth-order valence-electron chi connectivity index (χ4n) is 6.05. The van der Waals surface area contributed by atoms with Crippen molar-refractivity contribution in [3.05, 3.63) is 172 Å². The number of nitrogens with zero attached hydrogens (tertiary/aromatic N) is 8. The molecule has 0 bridgehead atoms. The SMILES string of the molecule is CCOC(=O)CC(=O)N(OCc1ccccc1)c1ncncc1C(=O)OCC.CCOC(=O)c1c(O)c2cncnc2n(OCc2ccccc2)c1=O.CCOC(=O)c1cncnc1NOCc1ccccc1. The van der Waals surface area contributed by atoms with Crippen LogP contribution in [-0.4, -0.2) is 96.0 Å². The minimum absolute atomic E-state index is 0.0155. The average molecular weight is 1000 g/mol. The van der Waals surface area contributed by atoms with Crippen LogP contribution in [0, 0.1) is 0 Å². The van der Waals surface area contributed by atoms with Gasteiger partial charge in [-0.05, 0) is 44.4 Å². The Balaban J connectivity index is 0.000000206. The lowest BCUT2D eigenvalue weighted by Crippen LogP contribution is -2.35. The van der Waals surface area contributed by atoms with Crippen LogP contribution in [0.1, 0.15) is 81.9 Å². The van der Waals surface area contributed by atoms with Gasteiger partial charge < -0.3 is 28.9 Å². The summed E-state index contributed by atoms with van der Waals surface area (Å²) in [6.07, 6.45) is 7.03. The van der Waals surface area contributed by atoms with Crippen LogP contribution in [0.2, 0.25) is 0 Å². The van der Waals surface area contributed by atoms with Crippen molar-refractivity contribution in [2.24, 2.45) is 0 Å². The zero-order valence-corrected chi connectivity index (χ0v) is 40.1. The summed E-state index contributed by atoms with van der Waals surface area (Å²) < 4.78 is 20.4. The van der Waals surface area contributed by atoms with E-state index in [1.807, 2.05) is 78.9 Å². The zero-order chi connectivity index (χ0) is 52.4. The van der Waals surface area contributed by atoms with Crippen molar-refractivity contribution in [2.45, 2.75) is 53.9 Å². The Bertz CT molecular complexity index is 2970. The van der Waals surface area contributed by atoms with Gasteiger partial charge >= 0.3 is 29.4 Å². The molecule has 23 nitrogen and oxygen atoms in total. The number of ether oxygens (including phenoxy) is 4. The first-order valence-electron chi connectivity index (χ1n) is 22.4. The molecule has 0 atom stereocenters. The number of aromatic nitrogens is 7. The molecule has 0 radical (unpaired) electrons. The quantitative estimate of drug-likeness (QED) is 0.0408. The first-order valence-corrected chi connectivity index (χ1v) is 22.4. The normalized spacial score (nSPS) is 10.3. The lowest BCUT2D eigenvalue weighted by atomic mass is 10.2. The number of carbonyl (C=O) groups excluding carboxylic acids is 5. The van der Waals surface area contributed by atoms with Crippen molar-refractivity contribution in [1.82, 2.24) is 34.6 Å². The highest BCUT2D eigenvalue weighted by molar-refractivity contribution is 6.05. The maximum atomic E-state index is 12.7. The Kier molecular flexibility index (Phi) is 21.8. The van der Waals surface area contributed by atoms with E-state index in [4.69, 9.17) is 33.5 Å². The molecular formula is C50H51N9O14. The molecule has 0 fully saturated rings. The van der Waals surface area contributed by atoms with E-state index >= 15 is 0 Å². The average Bonchev–Trinajstić information content (AvgIpc) is 3.40. The first kappa shape index (κ1) is 54.7. The lowest BCUT2D eigenvalue weighted by molar-refractivity contribution is -0.147. The third-order valence-corrected chi connectivity index (χ3v) is 9.32. The number of fused-ring (bicyclic) bond motifs is 1. The first-order chi connectivity index (χ1) is 35.5. The fourth-order valence-corrected chi connectivity index (χ4v) is 6.05. The molecule has 2 N–H and O–H groups in total. The molecule has 0 aliphatic rings. The topological polar surface area (TPSA) is 285 Å². The number of rotatable bonds is 20. The highest BCUT2D eigenvalue weighted by Crippen LogP contribution is 2.25. The minimum atomic E-state index is -0.937. The molecule has 0 aliphatic carbocycles. The van der Waals surface area contributed by atoms with E-state index in [-0.39, 0.29) is 73.4 Å². The Morgan fingerprint density at radius 2 is 1.11 bits per heavy atom. The van der Waals surface area contributed by atoms with Gasteiger partial charge in [0.05, 0.1) is 38.4 Å². The Hall–Kier alpha value is -9.22. The van der Waals surface area contributed by atoms with Crippen LogP contribution in [0.5, 0.6) is 5.75 Å². The van der Waals surface area contributed by atoms with E-state index in [1.54, 1.807) is 39.8 Å². The summed E-state index contributed by atoms with van der Waals surface area (Å²) in [6, 6.07) is 27.9. The number of hydroxylamine groups is 1. The van der Waals surface area contributed by atoms with E-state index in [1.165, 1.54) is 31.2 Å². The van der Waals surface area contributed by atoms with E-state index < -0.39 is 53.1 Å². The van der Waals surface area contributed by atoms with E-state index in [0.29, 0.717) is 6.61 Å². The summed E-state index contributed by atoms with van der Waals surface area (Å²) in [5.74, 6) is -3.94. The van der Waals surface area contributed by atoms with Crippen LogP contribution in [0.4, 0.5) is 11.6 Å². The number of hydrogen-bond acceptors (Lipinski definition) is 21. The number of pyridine rings is 1. The predicted octanol–water partition coefficient (Wildman–Crippen LogP) is 5.57. The van der Waals surface area contributed by atoms with Gasteiger partial charge in [0.25, 0.3) is 5.91 Å². The van der Waals surface area contributed by atoms with Crippen molar-refractivity contribution in [2.75, 3.05) is 37.0 Å². The molecule has 0 spiro atoms. The highest BCUT2D eigenvalue weighted by Gasteiger charge is 2.28. The van der Waals surface area contributed by atoms with Crippen molar-refractivity contribution in [1.29, 1.82) is 0 Å². The summed E-state index contributed by atoms with van der Waals surface area (Å²) in [5, 5.41) is 11.2. The second-order valence-electron chi connectivity index (χ2n) is 14.4. The van der Waals surface area contributed by atoms with Gasteiger partial charge in [0.15, 0.2) is 22.8 Å². The number of esters is 4. The van der Waals surface area contributed by atoms with Gasteiger partial charge in [0, 0.05) is 18.6 Å². The Labute approximate surface area is 417 Å². The highest BCUT2D eigenvalue weighted by atomic mass is 16.7. The van der Waals surface area contributed by atoms with Crippen molar-refractivity contribution in [3.8, 4) is 5.75 Å². The number of amides is 1. The molecule has 0 saturated heterocycles. The molecule has 4 aromatic heterocycles. The second kappa shape index (κ2) is 29.1. The molecule has 1 amide bonds. The number of nitrogens with one attached hydrogen (secondary N) is 1. The molecule has 73 heavy (non-hydrogen) atoms. The van der Waals surface area contributed by atoms with E-state index in [0.717, 1.165) is 32.8 Å². The summed E-state index contributed by atoms with van der Waals surface area (Å²) in [4.78, 5) is 113. The summed E-state index contributed by atoms with van der Waals surface area (Å²) in [7, 11) is 0. The van der Waals surface area contributed by atoms with Gasteiger partial charge in [-0.25, -0.2) is 49.8 Å². The molecule has 23 heteroatoms. The van der Waals surface area contributed by atoms with Gasteiger partial charge in [-0.15, -0.1) is 4.73 Å². The van der Waals surface area contributed by atoms with Gasteiger partial charge in [-0.2, -0.15) is 5.06 Å². The zero-order valence-electron chi connectivity index (χ0n) is 40.1. The second-order valence-corrected chi connectivity index (χ2v) is 14.4. The van der Waals surface area contributed by atoms with Gasteiger partial charge in [-0.1, -0.05) is 91.0 Å². The predicted molar refractivity (Wildman–Crippen MR) is 259 cm³/mol. The molecular weight excluding hydrogens is 951 g/mol. The van der Waals surface area contributed by atoms with Crippen LogP contribution in [0.3, 0.4) is 0 Å². The van der Waals surface area contributed by atoms with E-state index in [2.05, 4.69) is 35.4 Å². The van der Waals surface area contributed by atoms with Crippen LogP contribution in [-0.2, 0) is 58.0 Å². The monoisotopic (exact) mass is 1000 g/mol. The molecule has 7 rings (SSSR count). The number of hydrogen-bond donors (Lipinski definition) is 2. The minimum Gasteiger partial charge on any atom is -0.506 e. The summed E-state index contributed by atoms with van der Waals surface area (Å²) >= 11 is 0. The number of aromatic hydroxyl groups is 1. The maximum absolute atomic E-state index is 12.7. The van der Waals surface area contributed by atoms with Crippen LogP contribution < -0.4 is 20.9 Å². The standard InChI is InChI=1S/C19H21N3O6.C17H15N3O5.C14H15N3O3/c1-3-26-17(24)10-16(23)22(28-12-14-8-6-5-7-9-14)18-15(11-20-13-21-18)19(25)27-4-2;1-2-24-17(23)13-14(21)12-8-18-10-19-15(12)20(16(13)22)25-9-11-6-4-3-5-7-11;1-2-19-14(18)12-8-15-10-16-13(12)17-20-9-11-6-4-3-5-7-11/h5-9,11,13H,3-4,10,12H2,1-2H3;3-8,10,21H,2,9H2,1H3;3-8,10H,2,9H2,1H3,(H,15,16,17). The molecule has 4 heterocycles. The molecule has 0 saturated carbocycles. The Morgan fingerprint density at radius 3 is 1.71 bits per heavy atom. The fraction of sp³-hybridized carbons (Fsp3) is 0.240. The number of benzene rings is 3. The van der Waals surface area contributed by atoms with Gasteiger partial charge in [0.1, 0.15) is 55.5 Å². The van der Waals surface area contributed by atoms with E-state index in [9.17, 15) is 33.9 Å². The molecule has 380 valence electrons. The van der Waals surface area contributed by atoms with Crippen LogP contribution in [0.15, 0.2) is 133 Å². The largest absolute Gasteiger partial charge is 0.506 e. The van der Waals surface area contributed by atoms with Gasteiger partial charge in [-0.3, -0.25) is 24.1 Å². The molecule has 0 unspecified atom stereocenters. The molecule has 0 aliphatic heterocycles. The van der Waals surface area contributed by atoms with Gasteiger partial charge in [0.2, 0.25) is 0 Å². The third-order valence-electron chi connectivity index (χ3n) is 9.32. The molecule has 3 aromatic carbocycles. The molecule has 7 aromatic rings. The number of carbonyl (C=O) groups is 5. The Morgan fingerprint density at radius 1 is 0.603 bits per heavy atom. The smallest absolute Gasteiger partial charge is 0.347 e. The third kappa shape index (κ3) is 16.2. The summed E-state index contributed by atoms with van der Waals surface area (Å²) in [6.45, 7) is 7.69. The van der Waals surface area contributed by atoms with Crippen LogP contribution in [0.25, 0.3) is 11.0 Å². The number of anilines is 2. The summed E-state index contributed by atoms with van der Waals surface area (Å²) in [5.41, 5.74) is 4.13. The lowest BCUT2D eigenvalue weighted by Gasteiger charge is -2.22. The van der Waals surface area contributed by atoms with Crippen molar-refractivity contribution in [3.63, 3.8) is 0 Å². The van der Waals surface area contributed by atoms with Crippen molar-refractivity contribution < 1.29 is 62.5 Å². The van der Waals surface area contributed by atoms with Crippen LogP contribution >= 0.6 is 0 Å². The van der Waals surface area contributed by atoms with Crippen molar-refractivity contribution >= 4 is 52.5 Å². The maximum Gasteiger partial charge on any atom is 0.347 e.